The fourth-order valence-corrected chi connectivity index (χ4v) is 3.47. The molecule has 124 valence electrons. The Balaban J connectivity index is 1.80. The van der Waals surface area contributed by atoms with Crippen molar-refractivity contribution in [1.82, 2.24) is 5.32 Å². The number of benzene rings is 2. The highest BCUT2D eigenvalue weighted by Gasteiger charge is 2.37. The van der Waals surface area contributed by atoms with Crippen molar-refractivity contribution in [3.05, 3.63) is 60.2 Å². The van der Waals surface area contributed by atoms with E-state index >= 15 is 0 Å². The summed E-state index contributed by atoms with van der Waals surface area (Å²) in [5, 5.41) is 22.4. The smallest absolute Gasteiger partial charge is 0.185 e. The minimum atomic E-state index is -0.521. The molecule has 3 rings (SSSR count). The lowest BCUT2D eigenvalue weighted by atomic mass is 9.69. The molecule has 4 nitrogen and oxygen atoms in total. The van der Waals surface area contributed by atoms with Crippen molar-refractivity contribution < 1.29 is 9.84 Å². The number of nitriles is 1. The highest BCUT2D eigenvalue weighted by Crippen LogP contribution is 2.38. The Labute approximate surface area is 142 Å². The molecule has 0 spiro atoms. The number of phenols is 1. The lowest BCUT2D eigenvalue weighted by Gasteiger charge is -2.39. The first kappa shape index (κ1) is 16.4. The largest absolute Gasteiger partial charge is 0.508 e. The van der Waals surface area contributed by atoms with Crippen molar-refractivity contribution in [3.63, 3.8) is 0 Å². The number of hydrogen-bond acceptors (Lipinski definition) is 4. The topological polar surface area (TPSA) is 65.3 Å². The number of piperidine rings is 1. The summed E-state index contributed by atoms with van der Waals surface area (Å²) >= 11 is 0. The Morgan fingerprint density at radius 1 is 1.08 bits per heavy atom. The first-order chi connectivity index (χ1) is 11.7. The first-order valence-corrected chi connectivity index (χ1v) is 8.33. The highest BCUT2D eigenvalue weighted by molar-refractivity contribution is 5.31. The molecule has 0 aliphatic carbocycles. The van der Waals surface area contributed by atoms with E-state index in [0.29, 0.717) is 12.2 Å². The molecule has 24 heavy (non-hydrogen) atoms. The summed E-state index contributed by atoms with van der Waals surface area (Å²) in [6.45, 7) is 1.90. The van der Waals surface area contributed by atoms with Crippen molar-refractivity contribution in [3.8, 4) is 17.6 Å². The third kappa shape index (κ3) is 3.69. The van der Waals surface area contributed by atoms with Gasteiger partial charge in [-0.3, -0.25) is 0 Å². The maximum Gasteiger partial charge on any atom is 0.185 e. The normalized spacial score (nSPS) is 17.6. The van der Waals surface area contributed by atoms with Crippen LogP contribution in [0.15, 0.2) is 54.6 Å². The van der Waals surface area contributed by atoms with Crippen LogP contribution in [0.4, 0.5) is 0 Å². The molecule has 2 aromatic rings. The maximum absolute atomic E-state index is 9.59. The van der Waals surface area contributed by atoms with Crippen LogP contribution in [-0.2, 0) is 5.41 Å². The molecular weight excluding hydrogens is 300 g/mol. The lowest BCUT2D eigenvalue weighted by Crippen LogP contribution is -2.42. The van der Waals surface area contributed by atoms with Crippen molar-refractivity contribution in [2.75, 3.05) is 13.1 Å². The van der Waals surface area contributed by atoms with Crippen LogP contribution in [0.2, 0.25) is 0 Å². The summed E-state index contributed by atoms with van der Waals surface area (Å²) in [5.74, 6) is 0.798. The van der Waals surface area contributed by atoms with E-state index in [0.717, 1.165) is 25.9 Å². The molecule has 2 aromatic carbocycles. The van der Waals surface area contributed by atoms with Crippen LogP contribution in [0.25, 0.3) is 0 Å². The van der Waals surface area contributed by atoms with Crippen molar-refractivity contribution in [2.45, 2.75) is 30.8 Å². The lowest BCUT2D eigenvalue weighted by molar-refractivity contribution is 0.174. The third-order valence-corrected chi connectivity index (χ3v) is 4.78. The van der Waals surface area contributed by atoms with Gasteiger partial charge >= 0.3 is 0 Å². The average Bonchev–Trinajstić information content (AvgIpc) is 2.64. The van der Waals surface area contributed by atoms with Gasteiger partial charge in [-0.05, 0) is 55.8 Å². The van der Waals surface area contributed by atoms with Crippen molar-refractivity contribution >= 4 is 0 Å². The van der Waals surface area contributed by atoms with E-state index < -0.39 is 6.10 Å². The Bertz CT molecular complexity index is 686. The van der Waals surface area contributed by atoms with Gasteiger partial charge in [-0.2, -0.15) is 5.26 Å². The molecule has 1 fully saturated rings. The zero-order valence-electron chi connectivity index (χ0n) is 13.6. The highest BCUT2D eigenvalue weighted by atomic mass is 16.5. The quantitative estimate of drug-likeness (QED) is 0.886. The molecule has 2 N–H and O–H groups in total. The summed E-state index contributed by atoms with van der Waals surface area (Å²) in [6, 6.07) is 19.3. The number of hydrogen-bond donors (Lipinski definition) is 2. The summed E-state index contributed by atoms with van der Waals surface area (Å²) in [6.07, 6.45) is 2.13. The van der Waals surface area contributed by atoms with E-state index in [1.165, 1.54) is 5.56 Å². The molecular formula is C20H22N2O2. The number of nitrogens with one attached hydrogen (secondary N) is 1. The third-order valence-electron chi connectivity index (χ3n) is 4.78. The van der Waals surface area contributed by atoms with Gasteiger partial charge in [-0.15, -0.1) is 0 Å². The predicted molar refractivity (Wildman–Crippen MR) is 93.0 cm³/mol. The molecule has 1 unspecified atom stereocenters. The molecule has 0 radical (unpaired) electrons. The fraction of sp³-hybridized carbons (Fsp3) is 0.350. The van der Waals surface area contributed by atoms with Gasteiger partial charge in [-0.1, -0.05) is 30.3 Å². The number of aromatic hydroxyl groups is 1. The minimum Gasteiger partial charge on any atom is -0.508 e. The van der Waals surface area contributed by atoms with Gasteiger partial charge in [0.1, 0.15) is 17.6 Å². The number of nitrogens with zero attached hydrogens (tertiary/aromatic N) is 1. The molecule has 1 heterocycles. The van der Waals surface area contributed by atoms with Crippen LogP contribution in [-0.4, -0.2) is 24.3 Å². The maximum atomic E-state index is 9.59. The van der Waals surface area contributed by atoms with E-state index in [9.17, 15) is 10.4 Å². The molecule has 4 heteroatoms. The molecule has 1 aliphatic rings. The second-order valence-electron chi connectivity index (χ2n) is 6.33. The van der Waals surface area contributed by atoms with E-state index in [-0.39, 0.29) is 11.2 Å². The first-order valence-electron chi connectivity index (χ1n) is 8.33. The van der Waals surface area contributed by atoms with Crippen LogP contribution in [0.3, 0.4) is 0 Å². The Kier molecular flexibility index (Phi) is 5.02. The molecule has 1 aliphatic heterocycles. The fourth-order valence-electron chi connectivity index (χ4n) is 3.47. The van der Waals surface area contributed by atoms with Gasteiger partial charge in [0.05, 0.1) is 0 Å². The van der Waals surface area contributed by atoms with Gasteiger partial charge in [0.15, 0.2) is 6.10 Å². The molecule has 0 aromatic heterocycles. The van der Waals surface area contributed by atoms with E-state index in [1.54, 1.807) is 24.3 Å². The van der Waals surface area contributed by atoms with Gasteiger partial charge < -0.3 is 15.2 Å². The van der Waals surface area contributed by atoms with Crippen LogP contribution >= 0.6 is 0 Å². The van der Waals surface area contributed by atoms with E-state index in [4.69, 9.17) is 4.74 Å². The average molecular weight is 322 g/mol. The number of rotatable bonds is 5. The van der Waals surface area contributed by atoms with Gasteiger partial charge in [0, 0.05) is 11.8 Å². The zero-order chi connectivity index (χ0) is 16.8. The van der Waals surface area contributed by atoms with E-state index in [1.807, 2.05) is 6.07 Å². The Morgan fingerprint density at radius 3 is 2.38 bits per heavy atom. The summed E-state index contributed by atoms with van der Waals surface area (Å²) in [5.41, 5.74) is 1.24. The molecule has 0 saturated carbocycles. The van der Waals surface area contributed by atoms with Crippen molar-refractivity contribution in [2.24, 2.45) is 0 Å². The monoisotopic (exact) mass is 322 g/mol. The molecule has 0 amide bonds. The summed E-state index contributed by atoms with van der Waals surface area (Å²) in [7, 11) is 0. The Morgan fingerprint density at radius 2 is 1.75 bits per heavy atom. The molecule has 1 saturated heterocycles. The van der Waals surface area contributed by atoms with Gasteiger partial charge in [-0.25, -0.2) is 0 Å². The molecule has 0 bridgehead atoms. The minimum absolute atomic E-state index is 0.0379. The van der Waals surface area contributed by atoms with E-state index in [2.05, 4.69) is 35.7 Å². The summed E-state index contributed by atoms with van der Waals surface area (Å²) in [4.78, 5) is 0. The predicted octanol–water partition coefficient (Wildman–Crippen LogP) is 3.37. The van der Waals surface area contributed by atoms with Gasteiger partial charge in [0.25, 0.3) is 0 Å². The van der Waals surface area contributed by atoms with Crippen LogP contribution in [0, 0.1) is 11.3 Å². The zero-order valence-corrected chi connectivity index (χ0v) is 13.6. The molecule has 1 atom stereocenters. The standard InChI is InChI=1S/C20H22N2O2/c21-15-19(24-18-8-6-17(23)7-9-18)14-20(10-12-22-13-11-20)16-4-2-1-3-5-16/h1-9,19,22-23H,10-14H2. The number of phenolic OH excluding ortho intramolecular Hbond substituents is 1. The second-order valence-corrected chi connectivity index (χ2v) is 6.33. The SMILES string of the molecule is N#CC(CC1(c2ccccc2)CCNCC1)Oc1ccc(O)cc1. The van der Waals surface area contributed by atoms with Crippen LogP contribution in [0.1, 0.15) is 24.8 Å². The van der Waals surface area contributed by atoms with Crippen LogP contribution < -0.4 is 10.1 Å². The second kappa shape index (κ2) is 7.37. The van der Waals surface area contributed by atoms with Crippen LogP contribution in [0.5, 0.6) is 11.5 Å². The summed E-state index contributed by atoms with van der Waals surface area (Å²) < 4.78 is 5.88. The number of ether oxygens (including phenoxy) is 1. The van der Waals surface area contributed by atoms with Gasteiger partial charge in [0.2, 0.25) is 0 Å². The Hall–Kier alpha value is -2.51. The van der Waals surface area contributed by atoms with Crippen molar-refractivity contribution in [1.29, 1.82) is 5.26 Å².